The SMILES string of the molecule is CC(=O)O[C@@]12CO[C@@H]1CC[C@@]1(C)[C@@H]3O[C@H](CN4CCC4)O[C@@H]3C3=C(C)[C@@H](OC(=O)[C@H](O)[C@H](CF)NC(=O)OC(C)(C)C)C[C@@](O)([C@@H](OC(=O)c4ccccc4)[C@@H]12)C3(C)C. The van der Waals surface area contributed by atoms with Crippen molar-refractivity contribution in [3.63, 3.8) is 0 Å². The number of likely N-dealkylation sites (tertiary alicyclic amines) is 1. The van der Waals surface area contributed by atoms with Crippen molar-refractivity contribution in [1.29, 1.82) is 0 Å². The van der Waals surface area contributed by atoms with E-state index in [0.717, 1.165) is 19.5 Å². The van der Waals surface area contributed by atoms with Gasteiger partial charge in [-0.25, -0.2) is 18.8 Å². The fourth-order valence-corrected chi connectivity index (χ4v) is 10.6. The van der Waals surface area contributed by atoms with Crippen molar-refractivity contribution in [3.8, 4) is 0 Å². The number of aliphatic hydroxyl groups excluding tert-OH is 1. The normalized spacial score (nSPS) is 37.0. The first-order chi connectivity index (χ1) is 27.6. The summed E-state index contributed by atoms with van der Waals surface area (Å²) in [6, 6.07) is 6.60. The topological polar surface area (TPSA) is 189 Å². The number of aliphatic hydroxyl groups is 2. The summed E-state index contributed by atoms with van der Waals surface area (Å²) in [5, 5.41) is 27.1. The quantitative estimate of drug-likeness (QED) is 0.176. The van der Waals surface area contributed by atoms with Gasteiger partial charge in [-0.1, -0.05) is 39.0 Å². The van der Waals surface area contributed by atoms with Gasteiger partial charge in [-0.15, -0.1) is 0 Å². The molecule has 0 radical (unpaired) electrons. The van der Waals surface area contributed by atoms with Crippen LogP contribution in [-0.2, 0) is 42.7 Å². The number of halogens is 1. The van der Waals surface area contributed by atoms with E-state index in [1.807, 2.05) is 20.8 Å². The maximum atomic E-state index is 14.4. The lowest BCUT2D eigenvalue weighted by Crippen LogP contribution is -2.79. The molecule has 6 aliphatic rings. The van der Waals surface area contributed by atoms with Crippen LogP contribution in [0.1, 0.15) is 91.4 Å². The summed E-state index contributed by atoms with van der Waals surface area (Å²) in [4.78, 5) is 56.0. The lowest BCUT2D eigenvalue weighted by molar-refractivity contribution is -0.345. The Labute approximate surface area is 344 Å². The van der Waals surface area contributed by atoms with Crippen LogP contribution in [0, 0.1) is 16.7 Å². The average molecular weight is 831 g/mol. The lowest BCUT2D eigenvalue weighted by Gasteiger charge is -2.68. The first-order valence-corrected chi connectivity index (χ1v) is 20.6. The van der Waals surface area contributed by atoms with Crippen LogP contribution >= 0.6 is 0 Å². The molecule has 15 nitrogen and oxygen atoms in total. The molecule has 3 N–H and O–H groups in total. The number of alkyl halides is 1. The predicted octanol–water partition coefficient (Wildman–Crippen LogP) is 3.77. The molecule has 3 heterocycles. The van der Waals surface area contributed by atoms with Gasteiger partial charge >= 0.3 is 24.0 Å². The summed E-state index contributed by atoms with van der Waals surface area (Å²) in [7, 11) is 0. The number of esters is 3. The van der Waals surface area contributed by atoms with E-state index in [-0.39, 0.29) is 18.6 Å². The van der Waals surface area contributed by atoms with Gasteiger partial charge < -0.3 is 48.7 Å². The number of benzene rings is 1. The molecule has 2 saturated carbocycles. The second-order valence-electron chi connectivity index (χ2n) is 18.9. The van der Waals surface area contributed by atoms with Gasteiger partial charge in [0.25, 0.3) is 0 Å². The molecular weight excluding hydrogens is 771 g/mol. The number of nitrogens with one attached hydrogen (secondary N) is 1. The Morgan fingerprint density at radius 3 is 2.34 bits per heavy atom. The van der Waals surface area contributed by atoms with E-state index in [4.69, 9.17) is 33.2 Å². The third kappa shape index (κ3) is 7.56. The maximum absolute atomic E-state index is 14.4. The highest BCUT2D eigenvalue weighted by molar-refractivity contribution is 5.89. The number of nitrogens with zero attached hydrogens (tertiary/aromatic N) is 1. The second kappa shape index (κ2) is 15.7. The molecule has 3 aliphatic heterocycles. The van der Waals surface area contributed by atoms with Crippen LogP contribution < -0.4 is 5.32 Å². The highest BCUT2D eigenvalue weighted by Gasteiger charge is 2.77. The zero-order valence-electron chi connectivity index (χ0n) is 35.2. The molecule has 1 aromatic carbocycles. The summed E-state index contributed by atoms with van der Waals surface area (Å²) in [5.41, 5.74) is -5.38. The molecule has 0 spiro atoms. The molecule has 0 aromatic heterocycles. The van der Waals surface area contributed by atoms with Crippen molar-refractivity contribution in [2.45, 2.75) is 147 Å². The Kier molecular flexibility index (Phi) is 11.5. The minimum atomic E-state index is -2.17. The Hall–Kier alpha value is -3.67. The van der Waals surface area contributed by atoms with Gasteiger partial charge in [0.15, 0.2) is 18.0 Å². The van der Waals surface area contributed by atoms with Gasteiger partial charge in [0.05, 0.1) is 30.2 Å². The number of hydrogen-bond donors (Lipinski definition) is 3. The van der Waals surface area contributed by atoms with Crippen molar-refractivity contribution < 1.29 is 66.9 Å². The molecule has 1 amide bonds. The lowest BCUT2D eigenvalue weighted by atomic mass is 9.45. The number of amides is 1. The summed E-state index contributed by atoms with van der Waals surface area (Å²) < 4.78 is 58.5. The van der Waals surface area contributed by atoms with Crippen molar-refractivity contribution >= 4 is 24.0 Å². The first kappa shape index (κ1) is 43.4. The van der Waals surface area contributed by atoms with Crippen LogP contribution in [0.5, 0.6) is 0 Å². The molecule has 3 saturated heterocycles. The number of rotatable bonds is 10. The molecule has 0 unspecified atom stereocenters. The monoisotopic (exact) mass is 830 g/mol. The van der Waals surface area contributed by atoms with Crippen LogP contribution in [0.3, 0.4) is 0 Å². The fourth-order valence-electron chi connectivity index (χ4n) is 10.6. The van der Waals surface area contributed by atoms with Crippen molar-refractivity contribution in [2.24, 2.45) is 16.7 Å². The summed E-state index contributed by atoms with van der Waals surface area (Å²) in [6.07, 6.45) is -7.18. The van der Waals surface area contributed by atoms with Crippen LogP contribution in [-0.4, -0.2) is 138 Å². The van der Waals surface area contributed by atoms with Crippen LogP contribution in [0.25, 0.3) is 0 Å². The van der Waals surface area contributed by atoms with Crippen LogP contribution in [0.15, 0.2) is 41.5 Å². The molecule has 12 atom stereocenters. The van der Waals surface area contributed by atoms with E-state index in [1.54, 1.807) is 58.0 Å². The van der Waals surface area contributed by atoms with E-state index in [1.165, 1.54) is 6.92 Å². The Morgan fingerprint density at radius 2 is 1.76 bits per heavy atom. The Bertz CT molecular complexity index is 1830. The smallest absolute Gasteiger partial charge is 0.408 e. The largest absolute Gasteiger partial charge is 0.456 e. The number of hydrogen-bond acceptors (Lipinski definition) is 14. The summed E-state index contributed by atoms with van der Waals surface area (Å²) in [5.74, 6) is -3.54. The molecule has 16 heteroatoms. The number of ether oxygens (including phenoxy) is 7. The van der Waals surface area contributed by atoms with Crippen molar-refractivity contribution in [3.05, 3.63) is 47.0 Å². The molecule has 3 aliphatic carbocycles. The number of carbonyl (C=O) groups is 4. The minimum absolute atomic E-state index is 0.0373. The Morgan fingerprint density at radius 1 is 1.07 bits per heavy atom. The van der Waals surface area contributed by atoms with Crippen molar-refractivity contribution in [2.75, 3.05) is 32.9 Å². The van der Waals surface area contributed by atoms with Crippen LogP contribution in [0.2, 0.25) is 0 Å². The van der Waals surface area contributed by atoms with Crippen molar-refractivity contribution in [1.82, 2.24) is 10.2 Å². The predicted molar refractivity (Wildman–Crippen MR) is 206 cm³/mol. The highest BCUT2D eigenvalue weighted by atomic mass is 19.1. The van der Waals surface area contributed by atoms with E-state index >= 15 is 0 Å². The van der Waals surface area contributed by atoms with Gasteiger partial charge in [0.1, 0.15) is 42.3 Å². The zero-order chi connectivity index (χ0) is 42.9. The molecule has 326 valence electrons. The average Bonchev–Trinajstić information content (AvgIpc) is 3.55. The summed E-state index contributed by atoms with van der Waals surface area (Å²) >= 11 is 0. The minimum Gasteiger partial charge on any atom is -0.456 e. The zero-order valence-corrected chi connectivity index (χ0v) is 35.2. The molecule has 1 aromatic rings. The maximum Gasteiger partial charge on any atom is 0.408 e. The molecular formula is C43H59FN2O13. The molecule has 2 bridgehead atoms. The highest BCUT2D eigenvalue weighted by Crippen LogP contribution is 2.66. The number of fused-ring (bicyclic) bond motifs is 8. The number of alkyl carbamates (subject to hydrolysis) is 1. The van der Waals surface area contributed by atoms with Gasteiger partial charge in [0.2, 0.25) is 0 Å². The third-order valence-corrected chi connectivity index (χ3v) is 13.7. The van der Waals surface area contributed by atoms with Gasteiger partial charge in [0, 0.05) is 30.7 Å². The standard InChI is InChI=1S/C43H59FN2O13/c1-23-27(54-37(50)31(48)26(20-44)45-38(51)59-39(3,4)5)19-43(52)35(57-36(49)25-13-10-9-11-14-25)33-41(8,16-15-28-42(33,22-53-28)58-24(2)47)34-32(30(23)40(43,6)7)55-29(56-34)21-46-17-12-18-46/h9-11,13-14,26-29,31-35,48,52H,12,15-22H2,1-8H3,(H,45,51)/t26-,27-,28+,29+,31+,32+,33-,34+,35-,41+,42-,43+/m0/s1. The third-order valence-electron chi connectivity index (χ3n) is 13.7. The van der Waals surface area contributed by atoms with Gasteiger partial charge in [-0.2, -0.15) is 0 Å². The molecule has 7 rings (SSSR count). The second-order valence-corrected chi connectivity index (χ2v) is 18.9. The van der Waals surface area contributed by atoms with E-state index in [9.17, 15) is 33.8 Å². The van der Waals surface area contributed by atoms with E-state index < -0.39 is 113 Å². The van der Waals surface area contributed by atoms with E-state index in [2.05, 4.69) is 10.2 Å². The first-order valence-electron chi connectivity index (χ1n) is 20.6. The molecule has 59 heavy (non-hydrogen) atoms. The number of carbonyl (C=O) groups excluding carboxylic acids is 4. The summed E-state index contributed by atoms with van der Waals surface area (Å²) in [6.45, 7) is 14.4. The van der Waals surface area contributed by atoms with E-state index in [0.29, 0.717) is 30.5 Å². The Balaban J connectivity index is 1.36. The van der Waals surface area contributed by atoms with Crippen LogP contribution in [0.4, 0.5) is 9.18 Å². The van der Waals surface area contributed by atoms with Gasteiger partial charge in [-0.3, -0.25) is 9.69 Å². The fraction of sp³-hybridized carbons (Fsp3) is 0.721. The van der Waals surface area contributed by atoms with Gasteiger partial charge in [-0.05, 0) is 83.3 Å². The molecule has 5 fully saturated rings.